The number of nitrogens with zero attached hydrogens (tertiary/aromatic N) is 2. The van der Waals surface area contributed by atoms with Crippen LogP contribution in [-0.2, 0) is 4.79 Å². The third-order valence-corrected chi connectivity index (χ3v) is 3.83. The van der Waals surface area contributed by atoms with Crippen LogP contribution in [0.3, 0.4) is 0 Å². The van der Waals surface area contributed by atoms with Gasteiger partial charge in [-0.2, -0.15) is 0 Å². The summed E-state index contributed by atoms with van der Waals surface area (Å²) in [6, 6.07) is 0.742. The van der Waals surface area contributed by atoms with Crippen LogP contribution in [0.15, 0.2) is 0 Å². The average molecular weight is 255 g/mol. The van der Waals surface area contributed by atoms with Crippen LogP contribution in [-0.4, -0.2) is 55.5 Å². The minimum atomic E-state index is 0.236. The molecular weight excluding hydrogens is 226 g/mol. The molecule has 1 fully saturated rings. The number of nitrogens with two attached hydrogens (primary N) is 1. The second kappa shape index (κ2) is 8.48. The first-order valence-electron chi connectivity index (χ1n) is 7.29. The first-order valence-corrected chi connectivity index (χ1v) is 7.29. The lowest BCUT2D eigenvalue weighted by Gasteiger charge is -2.28. The van der Waals surface area contributed by atoms with Crippen LogP contribution >= 0.6 is 0 Å². The Bertz CT molecular complexity index is 237. The molecular formula is C14H29N3O. The van der Waals surface area contributed by atoms with Gasteiger partial charge in [-0.3, -0.25) is 4.79 Å². The van der Waals surface area contributed by atoms with Crippen LogP contribution in [0.25, 0.3) is 0 Å². The number of carbonyl (C=O) groups excluding carboxylic acids is 1. The third kappa shape index (κ3) is 5.36. The molecule has 0 radical (unpaired) electrons. The van der Waals surface area contributed by atoms with Gasteiger partial charge in [0, 0.05) is 26.6 Å². The van der Waals surface area contributed by atoms with Gasteiger partial charge in [-0.15, -0.1) is 0 Å². The average Bonchev–Trinajstić information content (AvgIpc) is 2.86. The van der Waals surface area contributed by atoms with Gasteiger partial charge >= 0.3 is 0 Å². The van der Waals surface area contributed by atoms with Gasteiger partial charge in [-0.05, 0) is 45.3 Å². The van der Waals surface area contributed by atoms with Crippen LogP contribution in [0.5, 0.6) is 0 Å². The standard InChI is InChI=1S/C14H29N3O/c1-16(2)14(18)9-5-11-17(12-6-10-15)13-7-3-4-8-13/h13H,3-12,15H2,1-2H3. The number of hydrogen-bond donors (Lipinski definition) is 1. The van der Waals surface area contributed by atoms with Crippen molar-refractivity contribution in [2.24, 2.45) is 5.73 Å². The molecule has 1 amide bonds. The first kappa shape index (κ1) is 15.4. The Morgan fingerprint density at radius 3 is 2.33 bits per heavy atom. The Labute approximate surface area is 111 Å². The maximum atomic E-state index is 11.5. The lowest BCUT2D eigenvalue weighted by molar-refractivity contribution is -0.128. The van der Waals surface area contributed by atoms with Crippen molar-refractivity contribution in [3.05, 3.63) is 0 Å². The Morgan fingerprint density at radius 1 is 1.17 bits per heavy atom. The van der Waals surface area contributed by atoms with E-state index in [1.807, 2.05) is 14.1 Å². The topological polar surface area (TPSA) is 49.6 Å². The zero-order valence-electron chi connectivity index (χ0n) is 12.0. The lowest BCUT2D eigenvalue weighted by Crippen LogP contribution is -2.36. The highest BCUT2D eigenvalue weighted by Gasteiger charge is 2.21. The van der Waals surface area contributed by atoms with Gasteiger partial charge in [0.2, 0.25) is 5.91 Å². The molecule has 1 aliphatic rings. The van der Waals surface area contributed by atoms with Crippen molar-refractivity contribution in [2.45, 2.75) is 51.0 Å². The van der Waals surface area contributed by atoms with Gasteiger partial charge in [-0.1, -0.05) is 12.8 Å². The van der Waals surface area contributed by atoms with Crippen molar-refractivity contribution < 1.29 is 4.79 Å². The van der Waals surface area contributed by atoms with E-state index in [0.29, 0.717) is 6.42 Å². The molecule has 18 heavy (non-hydrogen) atoms. The smallest absolute Gasteiger partial charge is 0.222 e. The summed E-state index contributed by atoms with van der Waals surface area (Å²) in [4.78, 5) is 15.8. The van der Waals surface area contributed by atoms with Gasteiger partial charge in [-0.25, -0.2) is 0 Å². The highest BCUT2D eigenvalue weighted by molar-refractivity contribution is 5.75. The van der Waals surface area contributed by atoms with E-state index in [4.69, 9.17) is 5.73 Å². The summed E-state index contributed by atoms with van der Waals surface area (Å²) >= 11 is 0. The molecule has 1 saturated carbocycles. The second-order valence-corrected chi connectivity index (χ2v) is 5.51. The highest BCUT2D eigenvalue weighted by Crippen LogP contribution is 2.23. The van der Waals surface area contributed by atoms with Gasteiger partial charge in [0.25, 0.3) is 0 Å². The molecule has 0 bridgehead atoms. The number of carbonyl (C=O) groups is 1. The van der Waals surface area contributed by atoms with Gasteiger partial charge in [0.15, 0.2) is 0 Å². The van der Waals surface area contributed by atoms with Gasteiger partial charge < -0.3 is 15.5 Å². The molecule has 4 nitrogen and oxygen atoms in total. The van der Waals surface area contributed by atoms with Crippen molar-refractivity contribution in [2.75, 3.05) is 33.7 Å². The van der Waals surface area contributed by atoms with Crippen molar-refractivity contribution >= 4 is 5.91 Å². The number of rotatable bonds is 8. The van der Waals surface area contributed by atoms with Crippen molar-refractivity contribution in [3.8, 4) is 0 Å². The maximum absolute atomic E-state index is 11.5. The number of amides is 1. The molecule has 0 spiro atoms. The van der Waals surface area contributed by atoms with Crippen LogP contribution in [0.4, 0.5) is 0 Å². The zero-order chi connectivity index (χ0) is 13.4. The van der Waals surface area contributed by atoms with Crippen molar-refractivity contribution in [1.82, 2.24) is 9.80 Å². The first-order chi connectivity index (χ1) is 8.65. The lowest BCUT2D eigenvalue weighted by atomic mass is 10.1. The van der Waals surface area contributed by atoms with Crippen LogP contribution in [0.1, 0.15) is 44.9 Å². The predicted molar refractivity (Wildman–Crippen MR) is 75.4 cm³/mol. The molecule has 0 aromatic rings. The zero-order valence-corrected chi connectivity index (χ0v) is 12.0. The van der Waals surface area contributed by atoms with Crippen LogP contribution in [0, 0.1) is 0 Å². The molecule has 1 aliphatic carbocycles. The molecule has 1 rings (SSSR count). The Kier molecular flexibility index (Phi) is 7.28. The molecule has 0 saturated heterocycles. The molecule has 0 atom stereocenters. The van der Waals surface area contributed by atoms with E-state index >= 15 is 0 Å². The molecule has 0 unspecified atom stereocenters. The van der Waals surface area contributed by atoms with E-state index in [1.54, 1.807) is 4.90 Å². The Balaban J connectivity index is 2.29. The van der Waals surface area contributed by atoms with E-state index in [1.165, 1.54) is 25.7 Å². The fourth-order valence-corrected chi connectivity index (χ4v) is 2.70. The quantitative estimate of drug-likeness (QED) is 0.714. The fraction of sp³-hybridized carbons (Fsp3) is 0.929. The van der Waals surface area contributed by atoms with Crippen molar-refractivity contribution in [1.29, 1.82) is 0 Å². The fourth-order valence-electron chi connectivity index (χ4n) is 2.70. The molecule has 0 aliphatic heterocycles. The van der Waals surface area contributed by atoms with E-state index in [-0.39, 0.29) is 5.91 Å². The minimum Gasteiger partial charge on any atom is -0.349 e. The summed E-state index contributed by atoms with van der Waals surface area (Å²) in [7, 11) is 3.65. The summed E-state index contributed by atoms with van der Waals surface area (Å²) in [5.74, 6) is 0.236. The van der Waals surface area contributed by atoms with E-state index in [2.05, 4.69) is 4.90 Å². The maximum Gasteiger partial charge on any atom is 0.222 e. The molecule has 0 heterocycles. The second-order valence-electron chi connectivity index (χ2n) is 5.51. The normalized spacial score (nSPS) is 16.4. The SMILES string of the molecule is CN(C)C(=O)CCCN(CCCN)C1CCCC1. The summed E-state index contributed by atoms with van der Waals surface area (Å²) in [5, 5.41) is 0. The Morgan fingerprint density at radius 2 is 1.78 bits per heavy atom. The summed E-state index contributed by atoms with van der Waals surface area (Å²) in [6.07, 6.45) is 8.08. The summed E-state index contributed by atoms with van der Waals surface area (Å²) in [5.41, 5.74) is 5.60. The van der Waals surface area contributed by atoms with Gasteiger partial charge in [0.05, 0.1) is 0 Å². The summed E-state index contributed by atoms with van der Waals surface area (Å²) < 4.78 is 0. The highest BCUT2D eigenvalue weighted by atomic mass is 16.2. The van der Waals surface area contributed by atoms with E-state index in [9.17, 15) is 4.79 Å². The largest absolute Gasteiger partial charge is 0.349 e. The van der Waals surface area contributed by atoms with Crippen LogP contribution < -0.4 is 5.73 Å². The van der Waals surface area contributed by atoms with Crippen molar-refractivity contribution in [3.63, 3.8) is 0 Å². The van der Waals surface area contributed by atoms with E-state index < -0.39 is 0 Å². The monoisotopic (exact) mass is 255 g/mol. The minimum absolute atomic E-state index is 0.236. The van der Waals surface area contributed by atoms with E-state index in [0.717, 1.165) is 38.5 Å². The summed E-state index contributed by atoms with van der Waals surface area (Å²) in [6.45, 7) is 2.90. The molecule has 106 valence electrons. The Hall–Kier alpha value is -0.610. The van der Waals surface area contributed by atoms with Crippen LogP contribution in [0.2, 0.25) is 0 Å². The molecule has 0 aromatic carbocycles. The third-order valence-electron chi connectivity index (χ3n) is 3.83. The van der Waals surface area contributed by atoms with Gasteiger partial charge in [0.1, 0.15) is 0 Å². The predicted octanol–water partition coefficient (Wildman–Crippen LogP) is 1.45. The molecule has 4 heteroatoms. The molecule has 2 N–H and O–H groups in total. The molecule has 0 aromatic heterocycles. The number of hydrogen-bond acceptors (Lipinski definition) is 3.